The Morgan fingerprint density at radius 1 is 0.650 bits per heavy atom. The third kappa shape index (κ3) is 15.7. The Kier molecular flexibility index (Phi) is 16.4. The van der Waals surface area contributed by atoms with Gasteiger partial charge in [0.2, 0.25) is 0 Å². The Morgan fingerprint density at radius 3 is 1.35 bits per heavy atom. The van der Waals surface area contributed by atoms with E-state index in [2.05, 4.69) is 0 Å². The van der Waals surface area contributed by atoms with Crippen molar-refractivity contribution in [2.24, 2.45) is 5.73 Å². The van der Waals surface area contributed by atoms with Gasteiger partial charge in [0.1, 0.15) is 5.78 Å². The number of hydrogen-bond acceptors (Lipinski definition) is 2. The van der Waals surface area contributed by atoms with Gasteiger partial charge >= 0.3 is 0 Å². The fourth-order valence-electron chi connectivity index (χ4n) is 2.59. The molecule has 20 heavy (non-hydrogen) atoms. The van der Waals surface area contributed by atoms with Gasteiger partial charge in [-0.1, -0.05) is 77.6 Å². The summed E-state index contributed by atoms with van der Waals surface area (Å²) in [4.78, 5) is 11.1. The smallest absolute Gasteiger partial charge is 0.132 e. The second kappa shape index (κ2) is 16.7. The maximum atomic E-state index is 11.1. The highest BCUT2D eigenvalue weighted by Crippen LogP contribution is 2.13. The van der Waals surface area contributed by atoms with Gasteiger partial charge in [0.15, 0.2) is 0 Å². The van der Waals surface area contributed by atoms with Gasteiger partial charge in [0.05, 0.1) is 0 Å². The maximum Gasteiger partial charge on any atom is 0.132 e. The van der Waals surface area contributed by atoms with E-state index in [0.29, 0.717) is 12.2 Å². The van der Waals surface area contributed by atoms with E-state index in [1.807, 2.05) is 6.92 Å². The minimum Gasteiger partial charge on any atom is -0.330 e. The quantitative estimate of drug-likeness (QED) is 0.386. The van der Waals surface area contributed by atoms with Crippen molar-refractivity contribution in [2.45, 2.75) is 103 Å². The van der Waals surface area contributed by atoms with Crippen LogP contribution in [0.4, 0.5) is 0 Å². The molecule has 0 aliphatic carbocycles. The SMILES string of the molecule is CCC(=O)CCCCCCCCCCCCCCCN. The first-order valence-corrected chi connectivity index (χ1v) is 9.03. The first-order valence-electron chi connectivity index (χ1n) is 9.03. The zero-order valence-corrected chi connectivity index (χ0v) is 13.8. The molecule has 0 aromatic heterocycles. The predicted molar refractivity (Wildman–Crippen MR) is 89.0 cm³/mol. The molecule has 0 aromatic carbocycles. The van der Waals surface area contributed by atoms with Crippen molar-refractivity contribution in [1.82, 2.24) is 0 Å². The van der Waals surface area contributed by atoms with E-state index < -0.39 is 0 Å². The average Bonchev–Trinajstić information content (AvgIpc) is 2.47. The van der Waals surface area contributed by atoms with Gasteiger partial charge in [0, 0.05) is 12.8 Å². The molecule has 0 amide bonds. The maximum absolute atomic E-state index is 11.1. The Balaban J connectivity index is 2.97. The predicted octanol–water partition coefficient (Wildman–Crippen LogP) is 5.39. The zero-order chi connectivity index (χ0) is 14.9. The van der Waals surface area contributed by atoms with Gasteiger partial charge in [-0.25, -0.2) is 0 Å². The normalized spacial score (nSPS) is 10.9. The molecule has 0 bridgehead atoms. The van der Waals surface area contributed by atoms with Gasteiger partial charge in [-0.05, 0) is 19.4 Å². The van der Waals surface area contributed by atoms with Crippen LogP contribution in [0.15, 0.2) is 0 Å². The van der Waals surface area contributed by atoms with Crippen LogP contribution in [0.1, 0.15) is 103 Å². The van der Waals surface area contributed by atoms with Crippen molar-refractivity contribution in [3.63, 3.8) is 0 Å². The van der Waals surface area contributed by atoms with Gasteiger partial charge < -0.3 is 5.73 Å². The number of carbonyl (C=O) groups is 1. The highest BCUT2D eigenvalue weighted by Gasteiger charge is 1.97. The molecule has 120 valence electrons. The van der Waals surface area contributed by atoms with Crippen molar-refractivity contribution >= 4 is 5.78 Å². The van der Waals surface area contributed by atoms with Crippen LogP contribution in [0.2, 0.25) is 0 Å². The monoisotopic (exact) mass is 283 g/mol. The summed E-state index contributed by atoms with van der Waals surface area (Å²) in [5.74, 6) is 0.427. The molecule has 0 aromatic rings. The van der Waals surface area contributed by atoms with Crippen molar-refractivity contribution in [3.05, 3.63) is 0 Å². The fourth-order valence-corrected chi connectivity index (χ4v) is 2.59. The largest absolute Gasteiger partial charge is 0.330 e. The highest BCUT2D eigenvalue weighted by molar-refractivity contribution is 5.77. The van der Waals surface area contributed by atoms with E-state index in [4.69, 9.17) is 5.73 Å². The number of ketones is 1. The Hall–Kier alpha value is -0.370. The van der Waals surface area contributed by atoms with Crippen LogP contribution in [0.25, 0.3) is 0 Å². The molecule has 0 saturated heterocycles. The minimum atomic E-state index is 0.427. The second-order valence-electron chi connectivity index (χ2n) is 6.03. The summed E-state index contributed by atoms with van der Waals surface area (Å²) in [7, 11) is 0. The summed E-state index contributed by atoms with van der Waals surface area (Å²) >= 11 is 0. The van der Waals surface area contributed by atoms with E-state index >= 15 is 0 Å². The van der Waals surface area contributed by atoms with Crippen molar-refractivity contribution in [2.75, 3.05) is 6.54 Å². The van der Waals surface area contributed by atoms with E-state index in [1.54, 1.807) is 0 Å². The second-order valence-corrected chi connectivity index (χ2v) is 6.03. The first-order chi connectivity index (χ1) is 9.81. The molecule has 0 radical (unpaired) electrons. The summed E-state index contributed by atoms with van der Waals surface area (Å²) in [6, 6.07) is 0. The summed E-state index contributed by atoms with van der Waals surface area (Å²) in [5, 5.41) is 0. The highest BCUT2D eigenvalue weighted by atomic mass is 16.1. The molecular formula is C18H37NO. The van der Waals surface area contributed by atoms with E-state index in [9.17, 15) is 4.79 Å². The fraction of sp³-hybridized carbons (Fsp3) is 0.944. The third-order valence-corrected chi connectivity index (χ3v) is 4.05. The molecule has 0 unspecified atom stereocenters. The van der Waals surface area contributed by atoms with E-state index in [1.165, 1.54) is 77.0 Å². The lowest BCUT2D eigenvalue weighted by atomic mass is 10.0. The molecule has 2 heteroatoms. The number of unbranched alkanes of at least 4 members (excludes halogenated alkanes) is 12. The molecule has 0 heterocycles. The number of carbonyl (C=O) groups excluding carboxylic acids is 1. The van der Waals surface area contributed by atoms with Crippen LogP contribution in [0.3, 0.4) is 0 Å². The Bertz CT molecular complexity index is 204. The van der Waals surface area contributed by atoms with Crippen LogP contribution in [-0.4, -0.2) is 12.3 Å². The number of nitrogens with two attached hydrogens (primary N) is 1. The minimum absolute atomic E-state index is 0.427. The zero-order valence-electron chi connectivity index (χ0n) is 13.8. The van der Waals surface area contributed by atoms with Gasteiger partial charge in [0.25, 0.3) is 0 Å². The van der Waals surface area contributed by atoms with Crippen LogP contribution in [0.5, 0.6) is 0 Å². The molecule has 0 spiro atoms. The molecule has 0 atom stereocenters. The lowest BCUT2D eigenvalue weighted by Crippen LogP contribution is -1.97. The van der Waals surface area contributed by atoms with Crippen LogP contribution in [-0.2, 0) is 4.79 Å². The van der Waals surface area contributed by atoms with Crippen molar-refractivity contribution in [1.29, 1.82) is 0 Å². The molecule has 2 nitrogen and oxygen atoms in total. The standard InChI is InChI=1S/C18H37NO/c1-2-18(20)16-14-12-10-8-6-4-3-5-7-9-11-13-15-17-19/h2-17,19H2,1H3. The lowest BCUT2D eigenvalue weighted by Gasteiger charge is -2.03. The number of rotatable bonds is 16. The number of Topliss-reactive ketones (excluding diaryl/α,β-unsaturated/α-hetero) is 1. The first kappa shape index (κ1) is 19.6. The molecule has 0 saturated carbocycles. The molecule has 2 N–H and O–H groups in total. The summed E-state index contributed by atoms with van der Waals surface area (Å²) < 4.78 is 0. The van der Waals surface area contributed by atoms with Crippen molar-refractivity contribution < 1.29 is 4.79 Å². The third-order valence-electron chi connectivity index (χ3n) is 4.05. The van der Waals surface area contributed by atoms with Crippen LogP contribution >= 0.6 is 0 Å². The molecule has 0 rings (SSSR count). The number of hydrogen-bond donors (Lipinski definition) is 1. The van der Waals surface area contributed by atoms with Crippen LogP contribution < -0.4 is 5.73 Å². The lowest BCUT2D eigenvalue weighted by molar-refractivity contribution is -0.118. The van der Waals surface area contributed by atoms with Crippen LogP contribution in [0, 0.1) is 0 Å². The summed E-state index contributed by atoms with van der Waals surface area (Å²) in [6.45, 7) is 2.81. The van der Waals surface area contributed by atoms with Crippen molar-refractivity contribution in [3.8, 4) is 0 Å². The summed E-state index contributed by atoms with van der Waals surface area (Å²) in [5.41, 5.74) is 5.47. The van der Waals surface area contributed by atoms with E-state index in [0.717, 1.165) is 19.4 Å². The molecule has 0 aliphatic rings. The Morgan fingerprint density at radius 2 is 1.00 bits per heavy atom. The molecule has 0 aliphatic heterocycles. The summed E-state index contributed by atoms with van der Waals surface area (Å²) in [6.07, 6.45) is 18.8. The topological polar surface area (TPSA) is 43.1 Å². The Labute approximate surface area is 126 Å². The average molecular weight is 283 g/mol. The van der Waals surface area contributed by atoms with Gasteiger partial charge in [-0.3, -0.25) is 4.79 Å². The van der Waals surface area contributed by atoms with Gasteiger partial charge in [-0.15, -0.1) is 0 Å². The molecular weight excluding hydrogens is 246 g/mol. The van der Waals surface area contributed by atoms with Gasteiger partial charge in [-0.2, -0.15) is 0 Å². The molecule has 0 fully saturated rings. The van der Waals surface area contributed by atoms with E-state index in [-0.39, 0.29) is 0 Å².